The van der Waals surface area contributed by atoms with Gasteiger partial charge in [0.25, 0.3) is 0 Å². The number of alkyl carbamates (subject to hydrolysis) is 1. The molecule has 0 spiro atoms. The second-order valence-electron chi connectivity index (χ2n) is 6.01. The van der Waals surface area contributed by atoms with Crippen LogP contribution < -0.4 is 5.32 Å². The molecular weight excluding hydrogens is 312 g/mol. The van der Waals surface area contributed by atoms with Crippen molar-refractivity contribution in [3.8, 4) is 11.8 Å². The second kappa shape index (κ2) is 7.34. The molecule has 2 aromatic rings. The Morgan fingerprint density at radius 3 is 2.87 bits per heavy atom. The van der Waals surface area contributed by atoms with Gasteiger partial charge in [0.05, 0.1) is 10.5 Å². The molecule has 0 radical (unpaired) electrons. The number of aromatic nitrogens is 1. The summed E-state index contributed by atoms with van der Waals surface area (Å²) in [6, 6.07) is 7.48. The number of hydrogen-bond acceptors (Lipinski definition) is 3. The summed E-state index contributed by atoms with van der Waals surface area (Å²) in [6.07, 6.45) is 1.79. The maximum absolute atomic E-state index is 11.5. The molecule has 1 aromatic heterocycles. The monoisotopic (exact) mass is 330 g/mol. The highest BCUT2D eigenvalue weighted by Crippen LogP contribution is 2.21. The summed E-state index contributed by atoms with van der Waals surface area (Å²) >= 11 is 6.10. The van der Waals surface area contributed by atoms with E-state index in [2.05, 4.69) is 22.1 Å². The number of benzene rings is 1. The highest BCUT2D eigenvalue weighted by Gasteiger charge is 2.15. The number of amides is 1. The van der Waals surface area contributed by atoms with Crippen LogP contribution in [0.4, 0.5) is 4.79 Å². The first-order valence-corrected chi connectivity index (χ1v) is 7.73. The van der Waals surface area contributed by atoms with Gasteiger partial charge in [0, 0.05) is 30.1 Å². The van der Waals surface area contributed by atoms with E-state index in [-0.39, 0.29) is 0 Å². The normalized spacial score (nSPS) is 10.8. The number of rotatable bonds is 2. The van der Waals surface area contributed by atoms with Crippen LogP contribution in [0.25, 0.3) is 10.9 Å². The zero-order valence-corrected chi connectivity index (χ0v) is 14.2. The van der Waals surface area contributed by atoms with Crippen molar-refractivity contribution >= 4 is 28.6 Å². The third-order valence-electron chi connectivity index (χ3n) is 2.84. The maximum atomic E-state index is 11.5. The first-order chi connectivity index (χ1) is 10.8. The average Bonchev–Trinajstić information content (AvgIpc) is 2.45. The molecular formula is C18H19ClN2O2. The molecule has 0 aliphatic heterocycles. The lowest BCUT2D eigenvalue weighted by atomic mass is 10.1. The van der Waals surface area contributed by atoms with Gasteiger partial charge in [0.2, 0.25) is 0 Å². The average molecular weight is 331 g/mol. The number of carbonyl (C=O) groups excluding carboxylic acids is 1. The molecule has 0 atom stereocenters. The zero-order valence-electron chi connectivity index (χ0n) is 13.4. The molecule has 1 heterocycles. The van der Waals surface area contributed by atoms with Gasteiger partial charge in [-0.25, -0.2) is 4.79 Å². The van der Waals surface area contributed by atoms with Crippen LogP contribution in [0.2, 0.25) is 5.02 Å². The molecule has 23 heavy (non-hydrogen) atoms. The minimum atomic E-state index is -0.491. The Balaban J connectivity index is 1.89. The molecule has 0 unspecified atom stereocenters. The molecule has 0 aliphatic carbocycles. The number of halogens is 1. The number of carbonyl (C=O) groups is 1. The van der Waals surface area contributed by atoms with Crippen molar-refractivity contribution in [2.24, 2.45) is 0 Å². The summed E-state index contributed by atoms with van der Waals surface area (Å²) in [7, 11) is 0. The lowest BCUT2D eigenvalue weighted by Crippen LogP contribution is -2.32. The Bertz CT molecular complexity index is 770. The SMILES string of the molecule is CC(C)(C)OC(=O)NCCC#Cc1ccc2c(Cl)ccnc2c1. The molecule has 5 heteroatoms. The molecule has 120 valence electrons. The summed E-state index contributed by atoms with van der Waals surface area (Å²) in [5.41, 5.74) is 1.19. The number of pyridine rings is 1. The topological polar surface area (TPSA) is 51.2 Å². The molecule has 2 rings (SSSR count). The molecule has 0 saturated heterocycles. The highest BCUT2D eigenvalue weighted by atomic mass is 35.5. The minimum Gasteiger partial charge on any atom is -0.444 e. The number of nitrogens with one attached hydrogen (secondary N) is 1. The van der Waals surface area contributed by atoms with E-state index in [9.17, 15) is 4.79 Å². The third kappa shape index (κ3) is 5.46. The van der Waals surface area contributed by atoms with Crippen LogP contribution in [0.1, 0.15) is 32.8 Å². The Hall–Kier alpha value is -2.25. The standard InChI is InChI=1S/C18H19ClN2O2/c1-18(2,3)23-17(22)21-10-5-4-6-13-7-8-14-15(19)9-11-20-16(14)12-13/h7-9,11-12H,5,10H2,1-3H3,(H,21,22). The molecule has 0 saturated carbocycles. The first kappa shape index (κ1) is 17.1. The number of fused-ring (bicyclic) bond motifs is 1. The van der Waals surface area contributed by atoms with Gasteiger partial charge in [-0.3, -0.25) is 4.98 Å². The van der Waals surface area contributed by atoms with Crippen LogP contribution >= 0.6 is 11.6 Å². The summed E-state index contributed by atoms with van der Waals surface area (Å²) < 4.78 is 5.14. The quantitative estimate of drug-likeness (QED) is 0.664. The van der Waals surface area contributed by atoms with Crippen molar-refractivity contribution in [3.63, 3.8) is 0 Å². The van der Waals surface area contributed by atoms with Gasteiger partial charge in [0.15, 0.2) is 0 Å². The predicted molar refractivity (Wildman–Crippen MR) is 92.5 cm³/mol. The van der Waals surface area contributed by atoms with Gasteiger partial charge >= 0.3 is 6.09 Å². The number of nitrogens with zero attached hydrogens (tertiary/aromatic N) is 1. The minimum absolute atomic E-state index is 0.427. The summed E-state index contributed by atoms with van der Waals surface area (Å²) in [6.45, 7) is 5.92. The molecule has 0 aliphatic rings. The van der Waals surface area contributed by atoms with Gasteiger partial charge < -0.3 is 10.1 Å². The maximum Gasteiger partial charge on any atom is 0.407 e. The van der Waals surface area contributed by atoms with Crippen LogP contribution in [0, 0.1) is 11.8 Å². The van der Waals surface area contributed by atoms with Gasteiger partial charge in [-0.05, 0) is 39.0 Å². The van der Waals surface area contributed by atoms with E-state index < -0.39 is 11.7 Å². The van der Waals surface area contributed by atoms with E-state index in [1.165, 1.54) is 0 Å². The van der Waals surface area contributed by atoms with Gasteiger partial charge in [-0.1, -0.05) is 29.5 Å². The Kier molecular flexibility index (Phi) is 5.46. The number of hydrogen-bond donors (Lipinski definition) is 1. The molecule has 1 N–H and O–H groups in total. The smallest absolute Gasteiger partial charge is 0.407 e. The van der Waals surface area contributed by atoms with Gasteiger partial charge in [0.1, 0.15) is 5.60 Å². The van der Waals surface area contributed by atoms with Crippen molar-refractivity contribution < 1.29 is 9.53 Å². The van der Waals surface area contributed by atoms with Gasteiger partial charge in [-0.15, -0.1) is 0 Å². The zero-order chi connectivity index (χ0) is 16.9. The predicted octanol–water partition coefficient (Wildman–Crippen LogP) is 4.15. The van der Waals surface area contributed by atoms with Crippen molar-refractivity contribution in [3.05, 3.63) is 41.0 Å². The summed E-state index contributed by atoms with van der Waals surface area (Å²) in [5.74, 6) is 6.07. The summed E-state index contributed by atoms with van der Waals surface area (Å²) in [4.78, 5) is 15.7. The van der Waals surface area contributed by atoms with Crippen LogP contribution in [-0.4, -0.2) is 23.2 Å². The lowest BCUT2D eigenvalue weighted by molar-refractivity contribution is 0.0529. The fourth-order valence-electron chi connectivity index (χ4n) is 1.90. The van der Waals surface area contributed by atoms with Crippen LogP contribution in [0.5, 0.6) is 0 Å². The van der Waals surface area contributed by atoms with E-state index in [0.29, 0.717) is 18.0 Å². The lowest BCUT2D eigenvalue weighted by Gasteiger charge is -2.19. The fourth-order valence-corrected chi connectivity index (χ4v) is 2.11. The van der Waals surface area contributed by atoms with E-state index in [4.69, 9.17) is 16.3 Å². The number of ether oxygens (including phenoxy) is 1. The van der Waals surface area contributed by atoms with E-state index in [0.717, 1.165) is 16.5 Å². The fraction of sp³-hybridized carbons (Fsp3) is 0.333. The highest BCUT2D eigenvalue weighted by molar-refractivity contribution is 6.35. The molecule has 1 aromatic carbocycles. The second-order valence-corrected chi connectivity index (χ2v) is 6.41. The van der Waals surface area contributed by atoms with Crippen LogP contribution in [-0.2, 0) is 4.74 Å². The molecule has 0 fully saturated rings. The van der Waals surface area contributed by atoms with Crippen molar-refractivity contribution in [2.75, 3.05) is 6.54 Å². The van der Waals surface area contributed by atoms with E-state index >= 15 is 0 Å². The van der Waals surface area contributed by atoms with Crippen LogP contribution in [0.3, 0.4) is 0 Å². The van der Waals surface area contributed by atoms with Crippen molar-refractivity contribution in [1.82, 2.24) is 10.3 Å². The Labute approximate surface area is 141 Å². The van der Waals surface area contributed by atoms with E-state index in [1.54, 1.807) is 12.3 Å². The van der Waals surface area contributed by atoms with Crippen molar-refractivity contribution in [2.45, 2.75) is 32.8 Å². The molecule has 0 bridgehead atoms. The Morgan fingerprint density at radius 1 is 1.35 bits per heavy atom. The molecule has 1 amide bonds. The third-order valence-corrected chi connectivity index (χ3v) is 3.17. The first-order valence-electron chi connectivity index (χ1n) is 7.35. The largest absolute Gasteiger partial charge is 0.444 e. The Morgan fingerprint density at radius 2 is 2.13 bits per heavy atom. The van der Waals surface area contributed by atoms with Crippen molar-refractivity contribution in [1.29, 1.82) is 0 Å². The molecule has 4 nitrogen and oxygen atoms in total. The van der Waals surface area contributed by atoms with Gasteiger partial charge in [-0.2, -0.15) is 0 Å². The van der Waals surface area contributed by atoms with E-state index in [1.807, 2.05) is 39.0 Å². The summed E-state index contributed by atoms with van der Waals surface area (Å²) in [5, 5.41) is 4.25. The van der Waals surface area contributed by atoms with Crippen LogP contribution in [0.15, 0.2) is 30.5 Å².